The van der Waals surface area contributed by atoms with Crippen LogP contribution >= 0.6 is 23.2 Å². The molecule has 2 N–H and O–H groups in total. The molecule has 2 amide bonds. The smallest absolute Gasteiger partial charge is 0.270 e. The predicted molar refractivity (Wildman–Crippen MR) is 150 cm³/mol. The number of H-pyrrole nitrogens is 1. The summed E-state index contributed by atoms with van der Waals surface area (Å²) in [4.78, 5) is 34.9. The summed E-state index contributed by atoms with van der Waals surface area (Å²) in [6.45, 7) is 3.65. The second-order valence-corrected chi connectivity index (χ2v) is 11.8. The van der Waals surface area contributed by atoms with E-state index in [9.17, 15) is 18.0 Å². The Morgan fingerprint density at radius 2 is 1.72 bits per heavy atom. The third kappa shape index (κ3) is 6.00. The van der Waals surface area contributed by atoms with Gasteiger partial charge in [-0.1, -0.05) is 47.5 Å². The fourth-order valence-corrected chi connectivity index (χ4v) is 6.27. The average molecular weight is 586 g/mol. The van der Waals surface area contributed by atoms with Gasteiger partial charge >= 0.3 is 0 Å². The predicted octanol–water partition coefficient (Wildman–Crippen LogP) is 5.37. The molecule has 0 radical (unpaired) electrons. The Bertz CT molecular complexity index is 1650. The highest BCUT2D eigenvalue weighted by Crippen LogP contribution is 2.31. The lowest BCUT2D eigenvalue weighted by Gasteiger charge is -2.18. The van der Waals surface area contributed by atoms with Gasteiger partial charge in [-0.3, -0.25) is 14.6 Å². The Kier molecular flexibility index (Phi) is 8.44. The number of carbonyl (C=O) groups excluding carboxylic acids is 2. The summed E-state index contributed by atoms with van der Waals surface area (Å²) in [5.74, 6) is -1.17. The third-order valence-corrected chi connectivity index (χ3v) is 8.83. The Morgan fingerprint density at radius 3 is 2.38 bits per heavy atom. The highest BCUT2D eigenvalue weighted by molar-refractivity contribution is 7.91. The first kappa shape index (κ1) is 28.4. The summed E-state index contributed by atoms with van der Waals surface area (Å²) < 4.78 is 27.4. The van der Waals surface area contributed by atoms with Crippen molar-refractivity contribution in [3.63, 3.8) is 0 Å². The molecule has 0 atom stereocenters. The molecule has 4 aromatic rings. The van der Waals surface area contributed by atoms with E-state index in [4.69, 9.17) is 23.2 Å². The number of nitrogens with zero attached hydrogens (tertiary/aromatic N) is 2. The summed E-state index contributed by atoms with van der Waals surface area (Å²) in [5, 5.41) is 3.62. The van der Waals surface area contributed by atoms with Crippen molar-refractivity contribution in [2.75, 3.05) is 7.05 Å². The molecule has 2 heterocycles. The van der Waals surface area contributed by atoms with Crippen molar-refractivity contribution in [1.29, 1.82) is 0 Å². The van der Waals surface area contributed by atoms with Gasteiger partial charge in [-0.15, -0.1) is 0 Å². The van der Waals surface area contributed by atoms with Gasteiger partial charge in [0.15, 0.2) is 0 Å². The van der Waals surface area contributed by atoms with Crippen molar-refractivity contribution in [3.8, 4) is 0 Å². The van der Waals surface area contributed by atoms with E-state index in [1.165, 1.54) is 24.0 Å². The lowest BCUT2D eigenvalue weighted by Crippen LogP contribution is -2.28. The zero-order valence-corrected chi connectivity index (χ0v) is 23.8. The third-order valence-electron chi connectivity index (χ3n) is 6.30. The number of pyridine rings is 1. The van der Waals surface area contributed by atoms with Crippen LogP contribution in [0.5, 0.6) is 0 Å². The zero-order chi connectivity index (χ0) is 28.3. The monoisotopic (exact) mass is 584 g/mol. The first-order valence-electron chi connectivity index (χ1n) is 11.9. The van der Waals surface area contributed by atoms with Crippen LogP contribution in [0.2, 0.25) is 10.0 Å². The van der Waals surface area contributed by atoms with E-state index in [-0.39, 0.29) is 39.8 Å². The van der Waals surface area contributed by atoms with Crippen LogP contribution < -0.4 is 5.32 Å². The minimum Gasteiger partial charge on any atom is -0.347 e. The van der Waals surface area contributed by atoms with Crippen LogP contribution in [-0.4, -0.2) is 42.1 Å². The molecule has 8 nitrogen and oxygen atoms in total. The van der Waals surface area contributed by atoms with Gasteiger partial charge in [-0.2, -0.15) is 0 Å². The Morgan fingerprint density at radius 1 is 1.00 bits per heavy atom. The highest BCUT2D eigenvalue weighted by Gasteiger charge is 2.33. The molecule has 0 saturated heterocycles. The number of hydrogen-bond donors (Lipinski definition) is 2. The minimum absolute atomic E-state index is 0.00595. The largest absolute Gasteiger partial charge is 0.347 e. The SMILES string of the molecule is Cc1cnccc1CNC(=O)c1[nH]c(C(=O)N(C)Cc2ccc(Cl)cc2Cl)c(C)c1S(=O)(=O)c1ccccc1. The Balaban J connectivity index is 1.73. The Labute approximate surface area is 236 Å². The maximum Gasteiger partial charge on any atom is 0.270 e. The molecular weight excluding hydrogens is 559 g/mol. The van der Waals surface area contributed by atoms with Gasteiger partial charge in [0.05, 0.1) is 4.90 Å². The van der Waals surface area contributed by atoms with Gasteiger partial charge in [0.2, 0.25) is 9.84 Å². The standard InChI is InChI=1S/C28H26Cl2N4O4S/c1-17-14-31-12-11-19(17)15-32-27(35)25-26(39(37,38)22-7-5-4-6-8-22)18(2)24(33-25)28(36)34(3)16-20-9-10-21(29)13-23(20)30/h4-14,33H,15-16H2,1-3H3,(H,32,35). The van der Waals surface area contributed by atoms with Crippen LogP contribution in [0.1, 0.15) is 43.2 Å². The first-order valence-corrected chi connectivity index (χ1v) is 14.1. The number of halogens is 2. The molecule has 4 rings (SSSR count). The van der Waals surface area contributed by atoms with Gasteiger partial charge in [0.25, 0.3) is 11.8 Å². The number of amides is 2. The van der Waals surface area contributed by atoms with E-state index < -0.39 is 21.7 Å². The molecule has 0 aliphatic heterocycles. The number of hydrogen-bond acceptors (Lipinski definition) is 5. The normalized spacial score (nSPS) is 11.3. The average Bonchev–Trinajstić information content (AvgIpc) is 3.27. The fraction of sp³-hybridized carbons (Fsp3) is 0.179. The van der Waals surface area contributed by atoms with E-state index >= 15 is 0 Å². The van der Waals surface area contributed by atoms with Crippen molar-refractivity contribution < 1.29 is 18.0 Å². The molecular formula is C28H26Cl2N4O4S. The molecule has 0 aliphatic carbocycles. The van der Waals surface area contributed by atoms with Crippen LogP contribution in [0.15, 0.2) is 76.8 Å². The van der Waals surface area contributed by atoms with Gasteiger partial charge < -0.3 is 15.2 Å². The van der Waals surface area contributed by atoms with Crippen LogP contribution in [0.4, 0.5) is 0 Å². The van der Waals surface area contributed by atoms with Gasteiger partial charge in [-0.25, -0.2) is 8.42 Å². The second-order valence-electron chi connectivity index (χ2n) is 9.03. The lowest BCUT2D eigenvalue weighted by molar-refractivity contribution is 0.0779. The number of benzene rings is 2. The number of aromatic amines is 1. The van der Waals surface area contributed by atoms with Crippen LogP contribution in [0.3, 0.4) is 0 Å². The molecule has 0 bridgehead atoms. The number of rotatable bonds is 8. The zero-order valence-electron chi connectivity index (χ0n) is 21.5. The quantitative estimate of drug-likeness (QED) is 0.289. The van der Waals surface area contributed by atoms with Crippen LogP contribution in [0, 0.1) is 13.8 Å². The van der Waals surface area contributed by atoms with Gasteiger partial charge in [-0.05, 0) is 66.4 Å². The molecule has 2 aromatic heterocycles. The summed E-state index contributed by atoms with van der Waals surface area (Å²) in [6, 6.07) is 14.5. The number of sulfone groups is 1. The van der Waals surface area contributed by atoms with Crippen LogP contribution in [0.25, 0.3) is 0 Å². The number of nitrogens with one attached hydrogen (secondary N) is 2. The topological polar surface area (TPSA) is 112 Å². The van der Waals surface area contributed by atoms with E-state index in [1.54, 1.807) is 61.9 Å². The second kappa shape index (κ2) is 11.6. The molecule has 2 aromatic carbocycles. The first-order chi connectivity index (χ1) is 18.5. The maximum absolute atomic E-state index is 13.7. The number of carbonyl (C=O) groups is 2. The Hall–Kier alpha value is -3.66. The van der Waals surface area contributed by atoms with E-state index in [2.05, 4.69) is 15.3 Å². The lowest BCUT2D eigenvalue weighted by atomic mass is 10.1. The number of aryl methyl sites for hydroxylation is 1. The van der Waals surface area contributed by atoms with E-state index in [0.717, 1.165) is 11.1 Å². The van der Waals surface area contributed by atoms with Crippen LogP contribution in [-0.2, 0) is 22.9 Å². The molecule has 0 fully saturated rings. The van der Waals surface area contributed by atoms with Gasteiger partial charge in [0.1, 0.15) is 16.3 Å². The molecule has 39 heavy (non-hydrogen) atoms. The van der Waals surface area contributed by atoms with Crippen molar-refractivity contribution in [3.05, 3.63) is 111 Å². The molecule has 0 aliphatic rings. The summed E-state index contributed by atoms with van der Waals surface area (Å²) >= 11 is 12.3. The van der Waals surface area contributed by atoms with Gasteiger partial charge in [0, 0.05) is 42.6 Å². The van der Waals surface area contributed by atoms with Crippen molar-refractivity contribution in [1.82, 2.24) is 20.2 Å². The maximum atomic E-state index is 13.7. The minimum atomic E-state index is -4.15. The van der Waals surface area contributed by atoms with E-state index in [1.807, 2.05) is 6.92 Å². The molecule has 202 valence electrons. The molecule has 11 heteroatoms. The fourth-order valence-electron chi connectivity index (χ4n) is 4.14. The number of aromatic nitrogens is 2. The van der Waals surface area contributed by atoms with E-state index in [0.29, 0.717) is 15.6 Å². The highest BCUT2D eigenvalue weighted by atomic mass is 35.5. The van der Waals surface area contributed by atoms with Crippen molar-refractivity contribution >= 4 is 44.9 Å². The summed E-state index contributed by atoms with van der Waals surface area (Å²) in [7, 11) is -2.59. The molecule has 0 saturated carbocycles. The molecule has 0 spiro atoms. The van der Waals surface area contributed by atoms with Crippen molar-refractivity contribution in [2.24, 2.45) is 0 Å². The van der Waals surface area contributed by atoms with Crippen molar-refractivity contribution in [2.45, 2.75) is 36.7 Å². The summed E-state index contributed by atoms with van der Waals surface area (Å²) in [5.41, 5.74) is 2.26. The summed E-state index contributed by atoms with van der Waals surface area (Å²) in [6.07, 6.45) is 3.28. The molecule has 0 unspecified atom stereocenters.